The number of likely N-dealkylation sites (tertiary alicyclic amines) is 1. The van der Waals surface area contributed by atoms with E-state index in [2.05, 4.69) is 11.8 Å². The van der Waals surface area contributed by atoms with Crippen LogP contribution in [0.2, 0.25) is 0 Å². The zero-order valence-corrected chi connectivity index (χ0v) is 6.71. The number of hydrogen-bond donors (Lipinski definition) is 1. The smallest absolute Gasteiger partial charge is 0.0667 e. The van der Waals surface area contributed by atoms with Gasteiger partial charge in [-0.2, -0.15) is 0 Å². The van der Waals surface area contributed by atoms with E-state index in [1.807, 2.05) is 0 Å². The third-order valence-electron chi connectivity index (χ3n) is 2.04. The van der Waals surface area contributed by atoms with Crippen LogP contribution < -0.4 is 0 Å². The Kier molecular flexibility index (Phi) is 3.16. The molecule has 2 nitrogen and oxygen atoms in total. The van der Waals surface area contributed by atoms with Crippen LogP contribution in [0.25, 0.3) is 0 Å². The van der Waals surface area contributed by atoms with Gasteiger partial charge in [0.2, 0.25) is 0 Å². The first-order valence-corrected chi connectivity index (χ1v) is 4.23. The summed E-state index contributed by atoms with van der Waals surface area (Å²) in [7, 11) is 0. The molecule has 2 heteroatoms. The Morgan fingerprint density at radius 2 is 2.20 bits per heavy atom. The second-order valence-electron chi connectivity index (χ2n) is 3.10. The van der Waals surface area contributed by atoms with Gasteiger partial charge in [-0.05, 0) is 25.9 Å². The summed E-state index contributed by atoms with van der Waals surface area (Å²) in [4.78, 5) is 2.31. The fraction of sp³-hybridized carbons (Fsp3) is 1.00. The third kappa shape index (κ3) is 2.27. The van der Waals surface area contributed by atoms with Crippen molar-refractivity contribution in [3.8, 4) is 0 Å². The number of β-amino-alcohol motifs (C(OH)–C–C–N with tert-alkyl or cyclic N) is 1. The number of aliphatic hydroxyl groups excluding tert-OH is 1. The summed E-state index contributed by atoms with van der Waals surface area (Å²) in [5.41, 5.74) is 0. The second kappa shape index (κ2) is 3.94. The lowest BCUT2D eigenvalue weighted by atomic mass is 10.1. The van der Waals surface area contributed by atoms with Crippen LogP contribution in [0.4, 0.5) is 0 Å². The van der Waals surface area contributed by atoms with Gasteiger partial charge in [0.1, 0.15) is 0 Å². The Morgan fingerprint density at radius 3 is 2.60 bits per heavy atom. The molecule has 1 heterocycles. The van der Waals surface area contributed by atoms with Gasteiger partial charge in [0, 0.05) is 6.54 Å². The highest BCUT2D eigenvalue weighted by atomic mass is 16.3. The van der Waals surface area contributed by atoms with Crippen molar-refractivity contribution in [2.75, 3.05) is 19.6 Å². The molecule has 0 aromatic heterocycles. The molecule has 0 saturated carbocycles. The Hall–Kier alpha value is -0.0800. The normalized spacial score (nSPS) is 22.2. The van der Waals surface area contributed by atoms with Gasteiger partial charge in [-0.3, -0.25) is 0 Å². The minimum Gasteiger partial charge on any atom is -0.392 e. The Balaban J connectivity index is 1.99. The first-order valence-electron chi connectivity index (χ1n) is 4.23. The number of rotatable bonds is 4. The van der Waals surface area contributed by atoms with Crippen LogP contribution in [0.5, 0.6) is 0 Å². The van der Waals surface area contributed by atoms with Gasteiger partial charge in [0.15, 0.2) is 0 Å². The monoisotopic (exact) mass is 143 g/mol. The van der Waals surface area contributed by atoms with Crippen LogP contribution in [0.1, 0.15) is 26.2 Å². The average molecular weight is 143 g/mol. The summed E-state index contributed by atoms with van der Waals surface area (Å²) in [6.45, 7) is 5.40. The fourth-order valence-corrected chi connectivity index (χ4v) is 1.29. The average Bonchev–Trinajstić information content (AvgIpc) is 1.80. The Bertz CT molecular complexity index is 91.3. The maximum absolute atomic E-state index is 9.34. The van der Waals surface area contributed by atoms with Crippen LogP contribution in [0.15, 0.2) is 0 Å². The highest BCUT2D eigenvalue weighted by Crippen LogP contribution is 2.08. The van der Waals surface area contributed by atoms with Gasteiger partial charge in [-0.25, -0.2) is 0 Å². The molecule has 60 valence electrons. The minimum atomic E-state index is -0.0784. The molecule has 1 atom stereocenters. The molecule has 0 amide bonds. The van der Waals surface area contributed by atoms with E-state index in [9.17, 15) is 5.11 Å². The van der Waals surface area contributed by atoms with Crippen LogP contribution in [0.3, 0.4) is 0 Å². The molecule has 0 bridgehead atoms. The van der Waals surface area contributed by atoms with Gasteiger partial charge in [0.25, 0.3) is 0 Å². The van der Waals surface area contributed by atoms with Crippen LogP contribution >= 0.6 is 0 Å². The fourth-order valence-electron chi connectivity index (χ4n) is 1.29. The summed E-state index contributed by atoms with van der Waals surface area (Å²) in [6, 6.07) is 0. The molecule has 10 heavy (non-hydrogen) atoms. The van der Waals surface area contributed by atoms with E-state index < -0.39 is 0 Å². The summed E-state index contributed by atoms with van der Waals surface area (Å²) >= 11 is 0. The molecule has 1 saturated heterocycles. The molecule has 0 aliphatic carbocycles. The molecule has 0 spiro atoms. The van der Waals surface area contributed by atoms with Gasteiger partial charge >= 0.3 is 0 Å². The largest absolute Gasteiger partial charge is 0.392 e. The van der Waals surface area contributed by atoms with Crippen molar-refractivity contribution in [1.82, 2.24) is 4.90 Å². The lowest BCUT2D eigenvalue weighted by Crippen LogP contribution is -2.42. The van der Waals surface area contributed by atoms with Crippen LogP contribution in [-0.4, -0.2) is 35.7 Å². The summed E-state index contributed by atoms with van der Waals surface area (Å²) in [5.74, 6) is 0. The SMILES string of the molecule is CCC[C@H](O)CN1CCC1. The van der Waals surface area contributed by atoms with E-state index in [0.29, 0.717) is 0 Å². The lowest BCUT2D eigenvalue weighted by molar-refractivity contribution is 0.0733. The molecule has 1 N–H and O–H groups in total. The molecular weight excluding hydrogens is 126 g/mol. The van der Waals surface area contributed by atoms with Gasteiger partial charge in [-0.15, -0.1) is 0 Å². The van der Waals surface area contributed by atoms with E-state index in [4.69, 9.17) is 0 Å². The molecule has 0 aromatic rings. The predicted molar refractivity (Wildman–Crippen MR) is 42.0 cm³/mol. The Labute approximate surface area is 62.8 Å². The molecule has 1 rings (SSSR count). The first kappa shape index (κ1) is 8.02. The zero-order chi connectivity index (χ0) is 7.40. The quantitative estimate of drug-likeness (QED) is 0.630. The van der Waals surface area contributed by atoms with Crippen molar-refractivity contribution < 1.29 is 5.11 Å². The van der Waals surface area contributed by atoms with Gasteiger partial charge in [0.05, 0.1) is 6.10 Å². The molecular formula is C8H17NO. The Morgan fingerprint density at radius 1 is 1.50 bits per heavy atom. The first-order chi connectivity index (χ1) is 4.83. The maximum atomic E-state index is 9.34. The number of nitrogens with zero attached hydrogens (tertiary/aromatic N) is 1. The summed E-state index contributed by atoms with van der Waals surface area (Å²) in [5, 5.41) is 9.34. The molecule has 1 aliphatic rings. The van der Waals surface area contributed by atoms with Gasteiger partial charge in [-0.1, -0.05) is 13.3 Å². The van der Waals surface area contributed by atoms with Crippen molar-refractivity contribution in [3.05, 3.63) is 0 Å². The summed E-state index contributed by atoms with van der Waals surface area (Å²) < 4.78 is 0. The highest BCUT2D eigenvalue weighted by molar-refractivity contribution is 4.71. The number of hydrogen-bond acceptors (Lipinski definition) is 2. The molecule has 1 aliphatic heterocycles. The van der Waals surface area contributed by atoms with Crippen LogP contribution in [0, 0.1) is 0 Å². The maximum Gasteiger partial charge on any atom is 0.0667 e. The van der Waals surface area contributed by atoms with Crippen molar-refractivity contribution >= 4 is 0 Å². The highest BCUT2D eigenvalue weighted by Gasteiger charge is 2.16. The van der Waals surface area contributed by atoms with Crippen molar-refractivity contribution in [2.45, 2.75) is 32.3 Å². The minimum absolute atomic E-state index is 0.0784. The molecule has 0 aromatic carbocycles. The van der Waals surface area contributed by atoms with Crippen molar-refractivity contribution in [1.29, 1.82) is 0 Å². The van der Waals surface area contributed by atoms with E-state index in [-0.39, 0.29) is 6.10 Å². The standard InChI is InChI=1S/C8H17NO/c1-2-4-8(10)7-9-5-3-6-9/h8,10H,2-7H2,1H3/t8-/m0/s1. The van der Waals surface area contributed by atoms with Crippen molar-refractivity contribution in [2.24, 2.45) is 0 Å². The third-order valence-corrected chi connectivity index (χ3v) is 2.04. The topological polar surface area (TPSA) is 23.5 Å². The van der Waals surface area contributed by atoms with Crippen molar-refractivity contribution in [3.63, 3.8) is 0 Å². The zero-order valence-electron chi connectivity index (χ0n) is 6.71. The van der Waals surface area contributed by atoms with E-state index in [1.165, 1.54) is 19.5 Å². The second-order valence-corrected chi connectivity index (χ2v) is 3.10. The van der Waals surface area contributed by atoms with E-state index >= 15 is 0 Å². The van der Waals surface area contributed by atoms with E-state index in [1.54, 1.807) is 0 Å². The summed E-state index contributed by atoms with van der Waals surface area (Å²) in [6.07, 6.45) is 3.29. The predicted octanol–water partition coefficient (Wildman–Crippen LogP) is 0.853. The molecule has 0 radical (unpaired) electrons. The van der Waals surface area contributed by atoms with E-state index in [0.717, 1.165) is 19.4 Å². The molecule has 0 unspecified atom stereocenters. The van der Waals surface area contributed by atoms with Crippen LogP contribution in [-0.2, 0) is 0 Å². The van der Waals surface area contributed by atoms with Gasteiger partial charge < -0.3 is 10.0 Å². The lowest BCUT2D eigenvalue weighted by Gasteiger charge is -2.32. The number of aliphatic hydroxyl groups is 1. The molecule has 1 fully saturated rings.